The molecule has 1 aromatic carbocycles. The lowest BCUT2D eigenvalue weighted by Gasteiger charge is -2.10. The molecule has 0 saturated carbocycles. The van der Waals surface area contributed by atoms with Crippen molar-refractivity contribution >= 4 is 35.1 Å². The number of carboxylic acid groups (broad SMARTS) is 1. The first kappa shape index (κ1) is 15.5. The fourth-order valence-corrected chi connectivity index (χ4v) is 1.84. The average Bonchev–Trinajstić information content (AvgIpc) is 2.49. The number of rotatable bonds is 3. The second-order valence-corrected chi connectivity index (χ2v) is 4.49. The van der Waals surface area contributed by atoms with Gasteiger partial charge in [-0.1, -0.05) is 0 Å². The Morgan fingerprint density at radius 3 is 2.64 bits per heavy atom. The highest BCUT2D eigenvalue weighted by Crippen LogP contribution is 2.23. The summed E-state index contributed by atoms with van der Waals surface area (Å²) >= 11 is 4.67. The lowest BCUT2D eigenvalue weighted by atomic mass is 10.1. The van der Waals surface area contributed by atoms with Crippen LogP contribution in [0.1, 0.15) is 16.8 Å². The SMILES string of the molecule is Nc1ccc(OC(=O)OC2=CCC(=C=S)C=C2)c(C(=O)O)c1. The quantitative estimate of drug-likeness (QED) is 0.383. The summed E-state index contributed by atoms with van der Waals surface area (Å²) in [5.41, 5.74) is 6.32. The first-order valence-electron chi connectivity index (χ1n) is 6.14. The standard InChI is InChI=1S/C15H11NO5S/c16-10-3-6-13(12(7-10)14(17)18)21-15(19)20-11-4-1-9(8-22)2-5-11/h1,3-7H,2,16H2,(H,17,18). The van der Waals surface area contributed by atoms with Crippen molar-refractivity contribution in [2.75, 3.05) is 5.73 Å². The van der Waals surface area contributed by atoms with Crippen LogP contribution < -0.4 is 10.5 Å². The van der Waals surface area contributed by atoms with Gasteiger partial charge in [0.2, 0.25) is 0 Å². The van der Waals surface area contributed by atoms with E-state index in [4.69, 9.17) is 20.3 Å². The Morgan fingerprint density at radius 1 is 1.27 bits per heavy atom. The molecule has 0 spiro atoms. The fourth-order valence-electron chi connectivity index (χ4n) is 1.69. The number of thiocarbonyl (C=S) groups is 1. The number of carbonyl (C=O) groups excluding carboxylic acids is 1. The first-order valence-corrected chi connectivity index (χ1v) is 6.55. The molecule has 22 heavy (non-hydrogen) atoms. The van der Waals surface area contributed by atoms with E-state index < -0.39 is 12.1 Å². The highest BCUT2D eigenvalue weighted by Gasteiger charge is 2.17. The summed E-state index contributed by atoms with van der Waals surface area (Å²) in [4.78, 5) is 22.8. The number of hydrogen-bond acceptors (Lipinski definition) is 6. The van der Waals surface area contributed by atoms with Gasteiger partial charge in [-0.3, -0.25) is 0 Å². The molecule has 0 radical (unpaired) electrons. The molecule has 0 heterocycles. The number of anilines is 1. The van der Waals surface area contributed by atoms with Crippen LogP contribution in [0.4, 0.5) is 10.5 Å². The molecule has 0 bridgehead atoms. The number of allylic oxidation sites excluding steroid dienone is 4. The van der Waals surface area contributed by atoms with Gasteiger partial charge in [-0.2, -0.15) is 0 Å². The number of aromatic carboxylic acids is 1. The maximum atomic E-state index is 11.7. The number of nitrogen functional groups attached to an aromatic ring is 1. The van der Waals surface area contributed by atoms with Crippen molar-refractivity contribution in [3.8, 4) is 5.75 Å². The zero-order valence-electron chi connectivity index (χ0n) is 11.2. The van der Waals surface area contributed by atoms with E-state index in [1.807, 2.05) is 0 Å². The predicted octanol–water partition coefficient (Wildman–Crippen LogP) is 2.85. The molecule has 1 aliphatic carbocycles. The summed E-state index contributed by atoms with van der Waals surface area (Å²) in [6, 6.07) is 3.91. The van der Waals surface area contributed by atoms with Crippen molar-refractivity contribution < 1.29 is 24.2 Å². The molecule has 0 atom stereocenters. The minimum absolute atomic E-state index is 0.147. The molecule has 1 aromatic rings. The zero-order valence-corrected chi connectivity index (χ0v) is 12.1. The van der Waals surface area contributed by atoms with Gasteiger partial charge < -0.3 is 20.3 Å². The van der Waals surface area contributed by atoms with E-state index >= 15 is 0 Å². The minimum Gasteiger partial charge on any atom is -0.478 e. The van der Waals surface area contributed by atoms with Crippen LogP contribution in [0, 0.1) is 0 Å². The van der Waals surface area contributed by atoms with Crippen LogP contribution in [-0.2, 0) is 4.74 Å². The summed E-state index contributed by atoms with van der Waals surface area (Å²) in [6.07, 6.45) is 4.29. The normalized spacial score (nSPS) is 13.1. The number of ether oxygens (including phenoxy) is 2. The van der Waals surface area contributed by atoms with Crippen LogP contribution in [-0.4, -0.2) is 22.3 Å². The van der Waals surface area contributed by atoms with Gasteiger partial charge in [0.05, 0.1) is 0 Å². The van der Waals surface area contributed by atoms with Gasteiger partial charge in [0.1, 0.15) is 17.1 Å². The number of carboxylic acids is 1. The minimum atomic E-state index is -1.26. The molecule has 112 valence electrons. The van der Waals surface area contributed by atoms with E-state index in [-0.39, 0.29) is 22.8 Å². The molecule has 0 amide bonds. The molecule has 1 aliphatic rings. The van der Waals surface area contributed by atoms with E-state index in [9.17, 15) is 9.59 Å². The van der Waals surface area contributed by atoms with Crippen LogP contribution in [0.2, 0.25) is 0 Å². The number of benzene rings is 1. The highest BCUT2D eigenvalue weighted by atomic mass is 32.1. The maximum absolute atomic E-state index is 11.7. The second-order valence-electron chi connectivity index (χ2n) is 4.29. The van der Waals surface area contributed by atoms with Crippen molar-refractivity contribution in [3.05, 3.63) is 53.3 Å². The molecule has 6 nitrogen and oxygen atoms in total. The summed E-state index contributed by atoms with van der Waals surface area (Å²) < 4.78 is 9.87. The van der Waals surface area contributed by atoms with Crippen molar-refractivity contribution in [2.45, 2.75) is 6.42 Å². The van der Waals surface area contributed by atoms with Gasteiger partial charge in [0.15, 0.2) is 0 Å². The van der Waals surface area contributed by atoms with E-state index in [1.165, 1.54) is 18.2 Å². The summed E-state index contributed by atoms with van der Waals surface area (Å²) in [5, 5.41) is 11.6. The largest absolute Gasteiger partial charge is 0.519 e. The number of nitrogens with two attached hydrogens (primary N) is 1. The van der Waals surface area contributed by atoms with Gasteiger partial charge in [-0.05, 0) is 53.7 Å². The van der Waals surface area contributed by atoms with Crippen LogP contribution in [0.5, 0.6) is 5.75 Å². The Bertz CT molecular complexity index is 744. The molecule has 3 N–H and O–H groups in total. The molecule has 2 rings (SSSR count). The van der Waals surface area contributed by atoms with Crippen LogP contribution >= 0.6 is 12.2 Å². The highest BCUT2D eigenvalue weighted by molar-refractivity contribution is 7.78. The molecule has 0 aromatic heterocycles. The Hall–Kier alpha value is -2.89. The first-order chi connectivity index (χ1) is 10.5. The third-order valence-electron chi connectivity index (χ3n) is 2.73. The van der Waals surface area contributed by atoms with E-state index in [0.717, 1.165) is 5.57 Å². The fraction of sp³-hybridized carbons (Fsp3) is 0.0667. The zero-order chi connectivity index (χ0) is 16.1. The second kappa shape index (κ2) is 6.71. The van der Waals surface area contributed by atoms with E-state index in [0.29, 0.717) is 6.42 Å². The van der Waals surface area contributed by atoms with E-state index in [1.54, 1.807) is 18.2 Å². The molecule has 7 heteroatoms. The topological polar surface area (TPSA) is 98.9 Å². The van der Waals surface area contributed by atoms with Crippen molar-refractivity contribution in [3.63, 3.8) is 0 Å². The number of carbonyl (C=O) groups is 2. The Balaban J connectivity index is 2.07. The number of hydrogen-bond donors (Lipinski definition) is 2. The lowest BCUT2D eigenvalue weighted by Crippen LogP contribution is -2.13. The Morgan fingerprint density at radius 2 is 2.05 bits per heavy atom. The summed E-state index contributed by atoms with van der Waals surface area (Å²) in [7, 11) is 0. The maximum Gasteiger partial charge on any atom is 0.519 e. The van der Waals surface area contributed by atoms with Crippen LogP contribution in [0.15, 0.2) is 47.8 Å². The van der Waals surface area contributed by atoms with Gasteiger partial charge >= 0.3 is 12.1 Å². The van der Waals surface area contributed by atoms with Gasteiger partial charge in [-0.15, -0.1) is 0 Å². The average molecular weight is 317 g/mol. The molecular formula is C15H11NO5S. The van der Waals surface area contributed by atoms with Gasteiger partial charge in [0, 0.05) is 17.7 Å². The van der Waals surface area contributed by atoms with Gasteiger partial charge in [-0.25, -0.2) is 9.59 Å². The van der Waals surface area contributed by atoms with Crippen LogP contribution in [0.3, 0.4) is 0 Å². The third kappa shape index (κ3) is 3.82. The molecular weight excluding hydrogens is 306 g/mol. The van der Waals surface area contributed by atoms with Crippen molar-refractivity contribution in [1.29, 1.82) is 0 Å². The summed E-state index contributed by atoms with van der Waals surface area (Å²) in [6.45, 7) is 0. The summed E-state index contributed by atoms with van der Waals surface area (Å²) in [5.74, 6) is -1.12. The molecule has 0 saturated heterocycles. The Labute approximate surface area is 131 Å². The monoisotopic (exact) mass is 317 g/mol. The molecule has 0 aliphatic heterocycles. The van der Waals surface area contributed by atoms with E-state index in [2.05, 4.69) is 17.2 Å². The van der Waals surface area contributed by atoms with Gasteiger partial charge in [0.25, 0.3) is 0 Å². The lowest BCUT2D eigenvalue weighted by molar-refractivity contribution is 0.0692. The predicted molar refractivity (Wildman–Crippen MR) is 82.9 cm³/mol. The van der Waals surface area contributed by atoms with Crippen molar-refractivity contribution in [1.82, 2.24) is 0 Å². The van der Waals surface area contributed by atoms with Crippen LogP contribution in [0.25, 0.3) is 0 Å². The Kier molecular flexibility index (Phi) is 4.73. The third-order valence-corrected chi connectivity index (χ3v) is 2.99. The van der Waals surface area contributed by atoms with Crippen molar-refractivity contribution in [2.24, 2.45) is 0 Å². The molecule has 0 unspecified atom stereocenters. The smallest absolute Gasteiger partial charge is 0.478 e. The molecule has 0 fully saturated rings.